The molecule has 1 aromatic carbocycles. The summed E-state index contributed by atoms with van der Waals surface area (Å²) < 4.78 is 36.7. The van der Waals surface area contributed by atoms with E-state index in [1.165, 1.54) is 0 Å². The van der Waals surface area contributed by atoms with Crippen molar-refractivity contribution < 1.29 is 22.1 Å². The maximum atomic E-state index is 10.7. The molecule has 18 heavy (non-hydrogen) atoms. The van der Waals surface area contributed by atoms with Crippen molar-refractivity contribution in [3.05, 3.63) is 23.8 Å². The average Bonchev–Trinajstić information content (AvgIpc) is 2.74. The van der Waals surface area contributed by atoms with Gasteiger partial charge in [0, 0.05) is 0 Å². The van der Waals surface area contributed by atoms with E-state index < -0.39 is 10.1 Å². The summed E-state index contributed by atoms with van der Waals surface area (Å²) in [7, 11) is -3.31. The van der Waals surface area contributed by atoms with Gasteiger partial charge in [0.15, 0.2) is 11.5 Å². The van der Waals surface area contributed by atoms with Crippen LogP contribution in [0.5, 0.6) is 11.5 Å². The minimum atomic E-state index is -3.31. The van der Waals surface area contributed by atoms with Crippen LogP contribution in [0.2, 0.25) is 0 Å². The van der Waals surface area contributed by atoms with Crippen molar-refractivity contribution in [2.75, 3.05) is 19.7 Å². The van der Waals surface area contributed by atoms with E-state index in [-0.39, 0.29) is 13.4 Å². The smallest absolute Gasteiger partial charge is 0.264 e. The highest BCUT2D eigenvalue weighted by atomic mass is 32.2. The summed E-state index contributed by atoms with van der Waals surface area (Å²) in [5, 5.41) is 0. The molecule has 1 aliphatic heterocycles. The van der Waals surface area contributed by atoms with Crippen molar-refractivity contribution in [1.29, 1.82) is 0 Å². The molecular formula is C12H16O5S. The number of ether oxygens (including phenoxy) is 2. The molecule has 1 heterocycles. The second-order valence-electron chi connectivity index (χ2n) is 4.17. The molecule has 0 radical (unpaired) electrons. The van der Waals surface area contributed by atoms with Crippen LogP contribution in [-0.2, 0) is 20.7 Å². The molecule has 0 aliphatic carbocycles. The number of hydrogen-bond acceptors (Lipinski definition) is 5. The first-order chi connectivity index (χ1) is 8.54. The van der Waals surface area contributed by atoms with Crippen molar-refractivity contribution in [3.8, 4) is 11.5 Å². The molecule has 0 unspecified atom stereocenters. The summed E-state index contributed by atoms with van der Waals surface area (Å²) in [5.41, 5.74) is 1.15. The van der Waals surface area contributed by atoms with Crippen molar-refractivity contribution in [3.63, 3.8) is 0 Å². The third kappa shape index (κ3) is 3.89. The molecule has 2 rings (SSSR count). The molecule has 0 N–H and O–H groups in total. The second kappa shape index (κ2) is 5.58. The topological polar surface area (TPSA) is 61.8 Å². The zero-order chi connectivity index (χ0) is 13.0. The van der Waals surface area contributed by atoms with Crippen LogP contribution in [0.4, 0.5) is 0 Å². The Bertz CT molecular complexity index is 509. The average molecular weight is 272 g/mol. The molecule has 5 nitrogen and oxygen atoms in total. The highest BCUT2D eigenvalue weighted by molar-refractivity contribution is 7.85. The number of hydrogen-bond donors (Lipinski definition) is 0. The maximum absolute atomic E-state index is 10.7. The van der Waals surface area contributed by atoms with Gasteiger partial charge in [0.1, 0.15) is 0 Å². The Kier molecular flexibility index (Phi) is 4.08. The first-order valence-corrected chi connectivity index (χ1v) is 7.59. The first-order valence-electron chi connectivity index (χ1n) is 5.77. The van der Waals surface area contributed by atoms with Crippen molar-refractivity contribution in [2.45, 2.75) is 19.3 Å². The van der Waals surface area contributed by atoms with Gasteiger partial charge >= 0.3 is 0 Å². The lowest BCUT2D eigenvalue weighted by Crippen LogP contribution is -2.04. The fourth-order valence-corrected chi connectivity index (χ4v) is 2.16. The Morgan fingerprint density at radius 3 is 2.78 bits per heavy atom. The summed E-state index contributed by atoms with van der Waals surface area (Å²) in [6.45, 7) is 0.518. The molecule has 0 spiro atoms. The lowest BCUT2D eigenvalue weighted by molar-refractivity contribution is 0.174. The number of unbranched alkanes of at least 4 members (excludes halogenated alkanes) is 1. The highest BCUT2D eigenvalue weighted by Gasteiger charge is 2.12. The van der Waals surface area contributed by atoms with Gasteiger partial charge in [-0.3, -0.25) is 4.18 Å². The lowest BCUT2D eigenvalue weighted by Gasteiger charge is -2.03. The Hall–Kier alpha value is -1.27. The van der Waals surface area contributed by atoms with E-state index in [0.717, 1.165) is 36.2 Å². The molecule has 0 bridgehead atoms. The molecule has 1 aliphatic rings. The fraction of sp³-hybridized carbons (Fsp3) is 0.500. The van der Waals surface area contributed by atoms with Gasteiger partial charge in [0.05, 0.1) is 12.9 Å². The van der Waals surface area contributed by atoms with Crippen LogP contribution in [0.1, 0.15) is 18.4 Å². The first kappa shape index (κ1) is 13.2. The Balaban J connectivity index is 1.74. The summed E-state index contributed by atoms with van der Waals surface area (Å²) >= 11 is 0. The van der Waals surface area contributed by atoms with Crippen molar-refractivity contribution >= 4 is 10.1 Å². The van der Waals surface area contributed by atoms with Crippen LogP contribution in [0, 0.1) is 0 Å². The normalized spacial score (nSPS) is 13.8. The van der Waals surface area contributed by atoms with E-state index in [2.05, 4.69) is 4.18 Å². The van der Waals surface area contributed by atoms with Crippen LogP contribution in [0.15, 0.2) is 18.2 Å². The van der Waals surface area contributed by atoms with Gasteiger partial charge in [-0.2, -0.15) is 8.42 Å². The number of aryl methyl sites for hydroxylation is 1. The Morgan fingerprint density at radius 2 is 2.00 bits per heavy atom. The Labute approximate surface area is 107 Å². The van der Waals surface area contributed by atoms with E-state index in [9.17, 15) is 8.42 Å². The van der Waals surface area contributed by atoms with E-state index in [1.807, 2.05) is 18.2 Å². The molecule has 0 amide bonds. The summed E-state index contributed by atoms with van der Waals surface area (Å²) in [5.74, 6) is 1.55. The summed E-state index contributed by atoms with van der Waals surface area (Å²) in [6.07, 6.45) is 3.51. The van der Waals surface area contributed by atoms with Crippen molar-refractivity contribution in [2.24, 2.45) is 0 Å². The third-order valence-electron chi connectivity index (χ3n) is 2.59. The fourth-order valence-electron chi connectivity index (χ4n) is 1.74. The van der Waals surface area contributed by atoms with Gasteiger partial charge in [-0.1, -0.05) is 6.07 Å². The molecule has 100 valence electrons. The standard InChI is InChI=1S/C12H16O5S/c1-18(13,14)17-7-3-2-4-10-5-6-11-12(8-10)16-9-15-11/h5-6,8H,2-4,7,9H2,1H3. The quantitative estimate of drug-likeness (QED) is 0.583. The predicted molar refractivity (Wildman–Crippen MR) is 66.3 cm³/mol. The van der Waals surface area contributed by atoms with Gasteiger partial charge in [0.25, 0.3) is 10.1 Å². The maximum Gasteiger partial charge on any atom is 0.264 e. The summed E-state index contributed by atoms with van der Waals surface area (Å²) in [6, 6.07) is 5.84. The second-order valence-corrected chi connectivity index (χ2v) is 5.81. The van der Waals surface area contributed by atoms with Crippen LogP contribution in [0.3, 0.4) is 0 Å². The third-order valence-corrected chi connectivity index (χ3v) is 3.19. The number of rotatable bonds is 6. The number of benzene rings is 1. The van der Waals surface area contributed by atoms with Crippen LogP contribution < -0.4 is 9.47 Å². The zero-order valence-electron chi connectivity index (χ0n) is 10.2. The molecule has 0 aromatic heterocycles. The Morgan fingerprint density at radius 1 is 1.22 bits per heavy atom. The van der Waals surface area contributed by atoms with E-state index in [0.29, 0.717) is 6.42 Å². The molecular weight excluding hydrogens is 256 g/mol. The van der Waals surface area contributed by atoms with Crippen LogP contribution in [0.25, 0.3) is 0 Å². The monoisotopic (exact) mass is 272 g/mol. The molecule has 0 fully saturated rings. The predicted octanol–water partition coefficient (Wildman–Crippen LogP) is 1.71. The summed E-state index contributed by atoms with van der Waals surface area (Å²) in [4.78, 5) is 0. The van der Waals surface area contributed by atoms with Gasteiger partial charge in [-0.25, -0.2) is 0 Å². The SMILES string of the molecule is CS(=O)(=O)OCCCCc1ccc2c(c1)OCO2. The van der Waals surface area contributed by atoms with E-state index in [4.69, 9.17) is 9.47 Å². The van der Waals surface area contributed by atoms with Crippen molar-refractivity contribution in [1.82, 2.24) is 0 Å². The van der Waals surface area contributed by atoms with Crippen LogP contribution >= 0.6 is 0 Å². The van der Waals surface area contributed by atoms with Crippen LogP contribution in [-0.4, -0.2) is 28.1 Å². The largest absolute Gasteiger partial charge is 0.454 e. The van der Waals surface area contributed by atoms with E-state index >= 15 is 0 Å². The minimum Gasteiger partial charge on any atom is -0.454 e. The molecule has 0 atom stereocenters. The lowest BCUT2D eigenvalue weighted by atomic mass is 10.1. The number of fused-ring (bicyclic) bond motifs is 1. The zero-order valence-corrected chi connectivity index (χ0v) is 11.0. The van der Waals surface area contributed by atoms with Gasteiger partial charge in [0.2, 0.25) is 6.79 Å². The van der Waals surface area contributed by atoms with E-state index in [1.54, 1.807) is 0 Å². The minimum absolute atomic E-state index is 0.239. The molecule has 1 aromatic rings. The van der Waals surface area contributed by atoms with Gasteiger partial charge in [-0.05, 0) is 37.0 Å². The molecule has 6 heteroatoms. The van der Waals surface area contributed by atoms with Gasteiger partial charge in [-0.15, -0.1) is 0 Å². The molecule has 0 saturated carbocycles. The molecule has 0 saturated heterocycles. The highest BCUT2D eigenvalue weighted by Crippen LogP contribution is 2.32. The van der Waals surface area contributed by atoms with Gasteiger partial charge < -0.3 is 9.47 Å².